The number of carbonyl (C=O) groups excluding carboxylic acids is 2. The Morgan fingerprint density at radius 3 is 2.65 bits per heavy atom. The van der Waals surface area contributed by atoms with E-state index in [9.17, 15) is 18.4 Å². The van der Waals surface area contributed by atoms with Crippen LogP contribution in [-0.4, -0.2) is 37.1 Å². The molecule has 1 aliphatic rings. The minimum Gasteiger partial charge on any atom is -0.456 e. The zero-order valence-corrected chi connectivity index (χ0v) is 22.7. The molecule has 9 nitrogen and oxygen atoms in total. The Morgan fingerprint density at radius 1 is 1.10 bits per heavy atom. The zero-order valence-electron chi connectivity index (χ0n) is 22.7. The molecule has 0 aliphatic heterocycles. The van der Waals surface area contributed by atoms with Gasteiger partial charge in [-0.15, -0.1) is 0 Å². The van der Waals surface area contributed by atoms with Crippen LogP contribution in [-0.2, 0) is 24.2 Å². The van der Waals surface area contributed by atoms with Gasteiger partial charge >= 0.3 is 5.97 Å². The molecule has 2 N–H and O–H groups in total. The monoisotopic (exact) mass is 548 g/mol. The molecular formula is C29H30F2N6O3. The second-order valence-electron chi connectivity index (χ2n) is 10.8. The van der Waals surface area contributed by atoms with Crippen LogP contribution in [0.4, 0.5) is 8.78 Å². The third kappa shape index (κ3) is 5.69. The number of nitrogens with one attached hydrogen (secondary N) is 2. The van der Waals surface area contributed by atoms with E-state index in [1.54, 1.807) is 10.6 Å². The number of ether oxygens (including phenoxy) is 1. The highest BCUT2D eigenvalue weighted by atomic mass is 19.2. The lowest BCUT2D eigenvalue weighted by Crippen LogP contribution is -2.26. The Kier molecular flexibility index (Phi) is 7.33. The standard InChI is InChI=1S/C29H30F2N6O3/c1-16-19-8-10-24(21(19)7-6-20(16)27(39)40-29(2,3)4)32-14-18-12-25(36-28-34-15-35-37(18)28)26(38)33-13-17-5-9-22(30)23(31)11-17/h5-7,9,11-12,15,24,32H,8,10,13-14H2,1-4H3,(H,33,38)/t24-/m0/s1. The summed E-state index contributed by atoms with van der Waals surface area (Å²) in [5, 5.41) is 10.5. The molecule has 2 aromatic carbocycles. The van der Waals surface area contributed by atoms with Crippen LogP contribution < -0.4 is 10.6 Å². The normalized spacial score (nSPS) is 14.8. The number of rotatable bonds is 7. The van der Waals surface area contributed by atoms with Crippen LogP contribution in [0, 0.1) is 18.6 Å². The lowest BCUT2D eigenvalue weighted by molar-refractivity contribution is 0.00684. The Balaban J connectivity index is 1.31. The van der Waals surface area contributed by atoms with Gasteiger partial charge in [0.15, 0.2) is 11.6 Å². The van der Waals surface area contributed by atoms with Gasteiger partial charge in [-0.3, -0.25) is 4.79 Å². The van der Waals surface area contributed by atoms with Crippen molar-refractivity contribution in [2.45, 2.75) is 65.3 Å². The number of amides is 1. The SMILES string of the molecule is Cc1c(C(=O)OC(C)(C)C)ccc2c1CC[C@@H]2NCc1cc(C(=O)NCc2ccc(F)c(F)c2)nc2ncnn12. The van der Waals surface area contributed by atoms with Gasteiger partial charge in [-0.1, -0.05) is 12.1 Å². The second-order valence-corrected chi connectivity index (χ2v) is 10.8. The molecule has 1 amide bonds. The molecule has 0 unspecified atom stereocenters. The van der Waals surface area contributed by atoms with Crippen LogP contribution in [0.5, 0.6) is 0 Å². The summed E-state index contributed by atoms with van der Waals surface area (Å²) in [5.74, 6) is -2.47. The maximum atomic E-state index is 13.5. The van der Waals surface area contributed by atoms with Gasteiger partial charge in [-0.25, -0.2) is 23.1 Å². The number of hydrogen-bond donors (Lipinski definition) is 2. The molecule has 208 valence electrons. The van der Waals surface area contributed by atoms with E-state index in [1.807, 2.05) is 39.8 Å². The van der Waals surface area contributed by atoms with Crippen molar-refractivity contribution in [3.8, 4) is 0 Å². The van der Waals surface area contributed by atoms with Crippen molar-refractivity contribution in [2.24, 2.45) is 0 Å². The van der Waals surface area contributed by atoms with Crippen molar-refractivity contribution in [2.75, 3.05) is 0 Å². The predicted octanol–water partition coefficient (Wildman–Crippen LogP) is 4.37. The fraction of sp³-hybridized carbons (Fsp3) is 0.345. The number of hydrogen-bond acceptors (Lipinski definition) is 7. The molecule has 1 aliphatic carbocycles. The third-order valence-corrected chi connectivity index (χ3v) is 6.84. The summed E-state index contributed by atoms with van der Waals surface area (Å²) >= 11 is 0. The van der Waals surface area contributed by atoms with Gasteiger partial charge in [0.1, 0.15) is 17.6 Å². The van der Waals surface area contributed by atoms with Crippen LogP contribution in [0.3, 0.4) is 0 Å². The molecule has 1 atom stereocenters. The van der Waals surface area contributed by atoms with Crippen molar-refractivity contribution < 1.29 is 23.1 Å². The average Bonchev–Trinajstić information content (AvgIpc) is 3.54. The van der Waals surface area contributed by atoms with E-state index in [-0.39, 0.29) is 30.0 Å². The molecule has 40 heavy (non-hydrogen) atoms. The van der Waals surface area contributed by atoms with Crippen LogP contribution >= 0.6 is 0 Å². The molecule has 5 rings (SSSR count). The summed E-state index contributed by atoms with van der Waals surface area (Å²) in [4.78, 5) is 34.0. The maximum absolute atomic E-state index is 13.5. The zero-order chi connectivity index (χ0) is 28.6. The lowest BCUT2D eigenvalue weighted by Gasteiger charge is -2.21. The second kappa shape index (κ2) is 10.7. The molecule has 0 spiro atoms. The Morgan fingerprint density at radius 2 is 1.90 bits per heavy atom. The average molecular weight is 549 g/mol. The summed E-state index contributed by atoms with van der Waals surface area (Å²) in [6, 6.07) is 8.92. The molecule has 0 saturated heterocycles. The molecule has 0 bridgehead atoms. The van der Waals surface area contributed by atoms with E-state index >= 15 is 0 Å². The highest BCUT2D eigenvalue weighted by molar-refractivity contribution is 5.93. The van der Waals surface area contributed by atoms with Crippen molar-refractivity contribution in [3.63, 3.8) is 0 Å². The van der Waals surface area contributed by atoms with Crippen molar-refractivity contribution >= 4 is 17.7 Å². The highest BCUT2D eigenvalue weighted by Crippen LogP contribution is 2.35. The Hall–Kier alpha value is -4.25. The van der Waals surface area contributed by atoms with Crippen LogP contribution in [0.25, 0.3) is 5.78 Å². The van der Waals surface area contributed by atoms with Gasteiger partial charge in [0, 0.05) is 19.1 Å². The first kappa shape index (κ1) is 27.3. The number of benzene rings is 2. The van der Waals surface area contributed by atoms with Gasteiger partial charge in [0.05, 0.1) is 11.3 Å². The number of fused-ring (bicyclic) bond motifs is 2. The quantitative estimate of drug-likeness (QED) is 0.330. The fourth-order valence-electron chi connectivity index (χ4n) is 4.91. The first-order valence-electron chi connectivity index (χ1n) is 13.0. The maximum Gasteiger partial charge on any atom is 0.338 e. The van der Waals surface area contributed by atoms with Crippen LogP contribution in [0.2, 0.25) is 0 Å². The topological polar surface area (TPSA) is 111 Å². The largest absolute Gasteiger partial charge is 0.456 e. The predicted molar refractivity (Wildman–Crippen MR) is 143 cm³/mol. The lowest BCUT2D eigenvalue weighted by atomic mass is 9.97. The molecule has 0 fully saturated rings. The summed E-state index contributed by atoms with van der Waals surface area (Å²) < 4.78 is 33.9. The van der Waals surface area contributed by atoms with Gasteiger partial charge < -0.3 is 15.4 Å². The van der Waals surface area contributed by atoms with E-state index in [0.29, 0.717) is 23.4 Å². The van der Waals surface area contributed by atoms with E-state index < -0.39 is 23.1 Å². The first-order chi connectivity index (χ1) is 19.0. The molecular weight excluding hydrogens is 518 g/mol. The summed E-state index contributed by atoms with van der Waals surface area (Å²) in [6.07, 6.45) is 3.03. The van der Waals surface area contributed by atoms with E-state index in [4.69, 9.17) is 4.74 Å². The van der Waals surface area contributed by atoms with Gasteiger partial charge in [0.2, 0.25) is 0 Å². The molecule has 11 heteroatoms. The molecule has 0 saturated carbocycles. The molecule has 2 aromatic heterocycles. The van der Waals surface area contributed by atoms with E-state index in [0.717, 1.165) is 41.7 Å². The molecule has 0 radical (unpaired) electrons. The Bertz CT molecular complexity index is 1610. The van der Waals surface area contributed by atoms with E-state index in [2.05, 4.69) is 25.7 Å². The third-order valence-electron chi connectivity index (χ3n) is 6.84. The molecule has 2 heterocycles. The van der Waals surface area contributed by atoms with Gasteiger partial charge in [-0.2, -0.15) is 10.1 Å². The van der Waals surface area contributed by atoms with E-state index in [1.165, 1.54) is 12.4 Å². The smallest absolute Gasteiger partial charge is 0.338 e. The van der Waals surface area contributed by atoms with Crippen LogP contribution in [0.15, 0.2) is 42.7 Å². The van der Waals surface area contributed by atoms with Crippen molar-refractivity contribution in [1.29, 1.82) is 0 Å². The van der Waals surface area contributed by atoms with Gasteiger partial charge in [0.25, 0.3) is 11.7 Å². The minimum atomic E-state index is -0.979. The van der Waals surface area contributed by atoms with Crippen LogP contribution in [0.1, 0.15) is 82.0 Å². The number of carbonyl (C=O) groups is 2. The number of aromatic nitrogens is 4. The summed E-state index contributed by atoms with van der Waals surface area (Å²) in [6.45, 7) is 7.88. The Labute approximate surface area is 230 Å². The van der Waals surface area contributed by atoms with Gasteiger partial charge in [-0.05, 0) is 87.1 Å². The van der Waals surface area contributed by atoms with Crippen molar-refractivity contribution in [1.82, 2.24) is 30.2 Å². The first-order valence-corrected chi connectivity index (χ1v) is 13.0. The summed E-state index contributed by atoms with van der Waals surface area (Å²) in [7, 11) is 0. The summed E-state index contributed by atoms with van der Waals surface area (Å²) in [5.41, 5.74) is 4.42. The number of nitrogens with zero attached hydrogens (tertiary/aromatic N) is 4. The highest BCUT2D eigenvalue weighted by Gasteiger charge is 2.28. The fourth-order valence-corrected chi connectivity index (χ4v) is 4.91. The minimum absolute atomic E-state index is 0.00661. The molecule has 4 aromatic rings. The number of esters is 1. The number of halogens is 2. The van der Waals surface area contributed by atoms with Crippen molar-refractivity contribution in [3.05, 3.63) is 93.6 Å².